The van der Waals surface area contributed by atoms with Gasteiger partial charge in [0.15, 0.2) is 0 Å². The van der Waals surface area contributed by atoms with E-state index in [4.69, 9.17) is 0 Å². The molecule has 1 amide bonds. The Labute approximate surface area is 155 Å². The number of piperidine rings is 1. The summed E-state index contributed by atoms with van der Waals surface area (Å²) >= 11 is 0. The summed E-state index contributed by atoms with van der Waals surface area (Å²) < 4.78 is 25.1. The van der Waals surface area contributed by atoms with Crippen molar-refractivity contribution < 1.29 is 13.2 Å². The molecule has 2 N–H and O–H groups in total. The molecule has 3 rings (SSSR count). The smallest absolute Gasteiger partial charge is 0.240 e. The molecule has 1 aromatic carbocycles. The molecule has 0 saturated carbocycles. The van der Waals surface area contributed by atoms with Crippen LogP contribution in [0.4, 0.5) is 0 Å². The molecule has 1 fully saturated rings. The summed E-state index contributed by atoms with van der Waals surface area (Å²) in [7, 11) is -3.18. The molecular formula is C17H26ClN3O3S. The summed E-state index contributed by atoms with van der Waals surface area (Å²) in [6.07, 6.45) is 3.76. The molecule has 2 unspecified atom stereocenters. The Morgan fingerprint density at radius 1 is 1.32 bits per heavy atom. The molecule has 0 aromatic heterocycles. The Kier molecular flexibility index (Phi) is 6.85. The molecule has 1 aromatic rings. The Hall–Kier alpha value is -1.15. The monoisotopic (exact) mass is 387 g/mol. The van der Waals surface area contributed by atoms with E-state index >= 15 is 0 Å². The normalized spacial score (nSPS) is 23.5. The molecular weight excluding hydrogens is 362 g/mol. The first-order valence-corrected chi connectivity index (χ1v) is 10.3. The fraction of sp³-hybridized carbons (Fsp3) is 0.588. The van der Waals surface area contributed by atoms with E-state index in [9.17, 15) is 13.2 Å². The van der Waals surface area contributed by atoms with Crippen molar-refractivity contribution in [2.75, 3.05) is 25.9 Å². The Morgan fingerprint density at radius 2 is 2.04 bits per heavy atom. The molecule has 140 valence electrons. The van der Waals surface area contributed by atoms with Gasteiger partial charge in [0, 0.05) is 26.2 Å². The zero-order valence-electron chi connectivity index (χ0n) is 14.4. The minimum absolute atomic E-state index is 0. The third-order valence-electron chi connectivity index (χ3n) is 4.84. The van der Waals surface area contributed by atoms with Crippen LogP contribution < -0.4 is 10.0 Å². The lowest BCUT2D eigenvalue weighted by Gasteiger charge is -2.36. The summed E-state index contributed by atoms with van der Waals surface area (Å²) in [5, 5.41) is 3.34. The van der Waals surface area contributed by atoms with Crippen LogP contribution in [-0.2, 0) is 27.8 Å². The number of amides is 1. The van der Waals surface area contributed by atoms with E-state index in [0.717, 1.165) is 32.4 Å². The summed E-state index contributed by atoms with van der Waals surface area (Å²) in [5.41, 5.74) is 2.50. The zero-order chi connectivity index (χ0) is 17.2. The molecule has 0 bridgehead atoms. The van der Waals surface area contributed by atoms with Gasteiger partial charge in [-0.3, -0.25) is 4.79 Å². The molecule has 1 saturated heterocycles. The van der Waals surface area contributed by atoms with Crippen LogP contribution in [0.15, 0.2) is 24.3 Å². The number of rotatable bonds is 4. The largest absolute Gasteiger partial charge is 0.341 e. The van der Waals surface area contributed by atoms with Gasteiger partial charge in [-0.25, -0.2) is 13.1 Å². The first-order chi connectivity index (χ1) is 11.4. The minimum atomic E-state index is -3.18. The van der Waals surface area contributed by atoms with Crippen LogP contribution in [0.1, 0.15) is 24.0 Å². The average molecular weight is 388 g/mol. The SMILES string of the molecule is CS(=O)(=O)NCC1CCCN(C(=O)C2Cc3ccccc3CN2)C1.Cl. The highest BCUT2D eigenvalue weighted by Crippen LogP contribution is 2.21. The lowest BCUT2D eigenvalue weighted by molar-refractivity contribution is -0.135. The first kappa shape index (κ1) is 20.2. The number of nitrogens with one attached hydrogen (secondary N) is 2. The standard InChI is InChI=1S/C17H25N3O3S.ClH/c1-24(22,23)19-10-13-5-4-8-20(12-13)17(21)16-9-14-6-2-3-7-15(14)11-18-16;/h2-3,6-7,13,16,18-19H,4-5,8-12H2,1H3;1H. The van der Waals surface area contributed by atoms with E-state index in [1.807, 2.05) is 17.0 Å². The van der Waals surface area contributed by atoms with Crippen molar-refractivity contribution in [2.45, 2.75) is 31.8 Å². The lowest BCUT2D eigenvalue weighted by atomic mass is 9.93. The van der Waals surface area contributed by atoms with Gasteiger partial charge in [0.1, 0.15) is 0 Å². The quantitative estimate of drug-likeness (QED) is 0.805. The van der Waals surface area contributed by atoms with Gasteiger partial charge in [-0.15, -0.1) is 12.4 Å². The maximum absolute atomic E-state index is 12.8. The van der Waals surface area contributed by atoms with Gasteiger partial charge in [-0.05, 0) is 36.3 Å². The maximum Gasteiger partial charge on any atom is 0.240 e. The highest BCUT2D eigenvalue weighted by Gasteiger charge is 2.31. The average Bonchev–Trinajstić information content (AvgIpc) is 2.58. The van der Waals surface area contributed by atoms with E-state index in [-0.39, 0.29) is 30.3 Å². The van der Waals surface area contributed by atoms with Crippen molar-refractivity contribution in [2.24, 2.45) is 5.92 Å². The van der Waals surface area contributed by atoms with Gasteiger partial charge < -0.3 is 10.2 Å². The topological polar surface area (TPSA) is 78.5 Å². The molecule has 6 nitrogen and oxygen atoms in total. The van der Waals surface area contributed by atoms with Crippen molar-refractivity contribution >= 4 is 28.3 Å². The summed E-state index contributed by atoms with van der Waals surface area (Å²) in [4.78, 5) is 14.7. The van der Waals surface area contributed by atoms with Gasteiger partial charge in [0.2, 0.25) is 15.9 Å². The number of fused-ring (bicyclic) bond motifs is 1. The van der Waals surface area contributed by atoms with Crippen molar-refractivity contribution in [3.8, 4) is 0 Å². The molecule has 25 heavy (non-hydrogen) atoms. The number of carbonyl (C=O) groups excluding carboxylic acids is 1. The number of hydrogen-bond donors (Lipinski definition) is 2. The van der Waals surface area contributed by atoms with E-state index in [1.165, 1.54) is 17.4 Å². The number of hydrogen-bond acceptors (Lipinski definition) is 4. The van der Waals surface area contributed by atoms with Crippen LogP contribution in [0.25, 0.3) is 0 Å². The summed E-state index contributed by atoms with van der Waals surface area (Å²) in [6.45, 7) is 2.51. The zero-order valence-corrected chi connectivity index (χ0v) is 16.0. The van der Waals surface area contributed by atoms with Gasteiger partial charge in [-0.1, -0.05) is 24.3 Å². The molecule has 8 heteroatoms. The van der Waals surface area contributed by atoms with Gasteiger partial charge >= 0.3 is 0 Å². The van der Waals surface area contributed by atoms with Crippen molar-refractivity contribution in [3.63, 3.8) is 0 Å². The number of sulfonamides is 1. The Bertz CT molecular complexity index is 711. The van der Waals surface area contributed by atoms with Crippen LogP contribution in [0.5, 0.6) is 0 Å². The molecule has 2 atom stereocenters. The number of halogens is 1. The van der Waals surface area contributed by atoms with E-state index in [2.05, 4.69) is 22.2 Å². The second-order valence-electron chi connectivity index (χ2n) is 6.82. The third-order valence-corrected chi connectivity index (χ3v) is 5.54. The number of carbonyl (C=O) groups is 1. The molecule has 2 aliphatic rings. The van der Waals surface area contributed by atoms with Crippen LogP contribution in [0.2, 0.25) is 0 Å². The predicted octanol–water partition coefficient (Wildman–Crippen LogP) is 0.910. The Morgan fingerprint density at radius 3 is 2.76 bits per heavy atom. The third kappa shape index (κ3) is 5.41. The molecule has 2 aliphatic heterocycles. The second-order valence-corrected chi connectivity index (χ2v) is 8.65. The van der Waals surface area contributed by atoms with Crippen molar-refractivity contribution in [1.82, 2.24) is 14.9 Å². The predicted molar refractivity (Wildman–Crippen MR) is 100 cm³/mol. The van der Waals surface area contributed by atoms with Gasteiger partial charge in [-0.2, -0.15) is 0 Å². The van der Waals surface area contributed by atoms with Crippen LogP contribution in [-0.4, -0.2) is 51.2 Å². The fourth-order valence-electron chi connectivity index (χ4n) is 3.55. The van der Waals surface area contributed by atoms with Crippen LogP contribution in [0.3, 0.4) is 0 Å². The van der Waals surface area contributed by atoms with Crippen molar-refractivity contribution in [1.29, 1.82) is 0 Å². The van der Waals surface area contributed by atoms with Crippen LogP contribution in [0, 0.1) is 5.92 Å². The maximum atomic E-state index is 12.8. The van der Waals surface area contributed by atoms with E-state index in [1.54, 1.807) is 0 Å². The minimum Gasteiger partial charge on any atom is -0.341 e. The Balaban J connectivity index is 0.00000225. The fourth-order valence-corrected chi connectivity index (χ4v) is 4.09. The summed E-state index contributed by atoms with van der Waals surface area (Å²) in [5.74, 6) is 0.321. The second kappa shape index (κ2) is 8.49. The van der Waals surface area contributed by atoms with Crippen LogP contribution >= 0.6 is 12.4 Å². The highest BCUT2D eigenvalue weighted by molar-refractivity contribution is 7.88. The number of benzene rings is 1. The van der Waals surface area contributed by atoms with Gasteiger partial charge in [0.25, 0.3) is 0 Å². The highest BCUT2D eigenvalue weighted by atomic mass is 35.5. The molecule has 0 aliphatic carbocycles. The molecule has 2 heterocycles. The van der Waals surface area contributed by atoms with Gasteiger partial charge in [0.05, 0.1) is 12.3 Å². The lowest BCUT2D eigenvalue weighted by Crippen LogP contribution is -2.52. The number of nitrogens with zero attached hydrogens (tertiary/aromatic N) is 1. The van der Waals surface area contributed by atoms with E-state index in [0.29, 0.717) is 13.1 Å². The van der Waals surface area contributed by atoms with E-state index < -0.39 is 10.0 Å². The first-order valence-electron chi connectivity index (χ1n) is 8.46. The number of likely N-dealkylation sites (tertiary alicyclic amines) is 1. The van der Waals surface area contributed by atoms with Crippen molar-refractivity contribution in [3.05, 3.63) is 35.4 Å². The molecule has 0 spiro atoms. The summed E-state index contributed by atoms with van der Waals surface area (Å²) in [6, 6.07) is 8.04. The molecule has 0 radical (unpaired) electrons.